The molecule has 0 aliphatic rings. The first-order valence-electron chi connectivity index (χ1n) is 6.68. The Morgan fingerprint density at radius 3 is 2.47 bits per heavy atom. The second-order valence-electron chi connectivity index (χ2n) is 4.77. The van der Waals surface area contributed by atoms with E-state index >= 15 is 0 Å². The van der Waals surface area contributed by atoms with Gasteiger partial charge in [0.05, 0.1) is 0 Å². The number of hydrogen-bond donors (Lipinski definition) is 1. The Labute approximate surface area is 115 Å². The third-order valence-corrected chi connectivity index (χ3v) is 3.30. The van der Waals surface area contributed by atoms with Gasteiger partial charge >= 0.3 is 0 Å². The maximum atomic E-state index is 5.85. The summed E-state index contributed by atoms with van der Waals surface area (Å²) in [5, 5.41) is 0. The van der Waals surface area contributed by atoms with Gasteiger partial charge in [-0.2, -0.15) is 0 Å². The van der Waals surface area contributed by atoms with Crippen LogP contribution in [0.2, 0.25) is 0 Å². The van der Waals surface area contributed by atoms with Crippen molar-refractivity contribution in [2.45, 2.75) is 26.8 Å². The summed E-state index contributed by atoms with van der Waals surface area (Å²) in [6, 6.07) is 12.5. The number of aryl methyl sites for hydroxylation is 1. The van der Waals surface area contributed by atoms with Crippen molar-refractivity contribution < 1.29 is 0 Å². The van der Waals surface area contributed by atoms with Crippen molar-refractivity contribution in [3.63, 3.8) is 0 Å². The number of nitrogens with zero attached hydrogens (tertiary/aromatic N) is 2. The lowest BCUT2D eigenvalue weighted by atomic mass is 10.1. The number of aromatic nitrogens is 1. The summed E-state index contributed by atoms with van der Waals surface area (Å²) in [5.41, 5.74) is 9.37. The third-order valence-electron chi connectivity index (χ3n) is 3.30. The van der Waals surface area contributed by atoms with Crippen LogP contribution >= 0.6 is 0 Å². The highest BCUT2D eigenvalue weighted by atomic mass is 15.2. The van der Waals surface area contributed by atoms with Crippen LogP contribution in [-0.4, -0.2) is 11.5 Å². The summed E-state index contributed by atoms with van der Waals surface area (Å²) in [6.45, 7) is 7.10. The fourth-order valence-corrected chi connectivity index (χ4v) is 2.15. The standard InChI is InChI=1S/C16H21N3/c1-4-19(15-8-6-5-7-12(15)2)16-10-9-14(11-18-16)13(3)17/h5-11,13H,4,17H2,1-3H3/t13-/m1/s1. The van der Waals surface area contributed by atoms with Crippen LogP contribution in [0.25, 0.3) is 0 Å². The predicted octanol–water partition coefficient (Wildman–Crippen LogP) is 3.57. The number of para-hydroxylation sites is 1. The molecule has 0 saturated carbocycles. The summed E-state index contributed by atoms with van der Waals surface area (Å²) in [6.07, 6.45) is 1.86. The van der Waals surface area contributed by atoms with Crippen molar-refractivity contribution >= 4 is 11.5 Å². The molecule has 0 unspecified atom stereocenters. The molecule has 0 amide bonds. The normalized spacial score (nSPS) is 12.2. The van der Waals surface area contributed by atoms with E-state index in [2.05, 4.69) is 48.0 Å². The number of benzene rings is 1. The van der Waals surface area contributed by atoms with Crippen molar-refractivity contribution in [3.05, 3.63) is 53.7 Å². The van der Waals surface area contributed by atoms with Crippen LogP contribution in [0.4, 0.5) is 11.5 Å². The van der Waals surface area contributed by atoms with Gasteiger partial charge in [0.2, 0.25) is 0 Å². The van der Waals surface area contributed by atoms with Gasteiger partial charge in [0.1, 0.15) is 5.82 Å². The summed E-state index contributed by atoms with van der Waals surface area (Å²) < 4.78 is 0. The summed E-state index contributed by atoms with van der Waals surface area (Å²) in [7, 11) is 0. The molecule has 1 aromatic heterocycles. The molecule has 0 bridgehead atoms. The molecule has 100 valence electrons. The number of pyridine rings is 1. The second kappa shape index (κ2) is 5.85. The van der Waals surface area contributed by atoms with E-state index in [0.29, 0.717) is 0 Å². The molecule has 19 heavy (non-hydrogen) atoms. The molecule has 0 fully saturated rings. The van der Waals surface area contributed by atoms with Gasteiger partial charge in [0, 0.05) is 24.5 Å². The first-order valence-corrected chi connectivity index (χ1v) is 6.68. The number of nitrogens with two attached hydrogens (primary N) is 1. The van der Waals surface area contributed by atoms with Crippen LogP contribution in [-0.2, 0) is 0 Å². The SMILES string of the molecule is CCN(c1ccc([C@@H](C)N)cn1)c1ccccc1C. The molecule has 0 saturated heterocycles. The highest BCUT2D eigenvalue weighted by molar-refractivity contribution is 5.63. The van der Waals surface area contributed by atoms with Crippen molar-refractivity contribution in [2.24, 2.45) is 5.73 Å². The lowest BCUT2D eigenvalue weighted by Gasteiger charge is -2.24. The van der Waals surface area contributed by atoms with Crippen molar-refractivity contribution in [1.82, 2.24) is 4.98 Å². The summed E-state index contributed by atoms with van der Waals surface area (Å²) >= 11 is 0. The molecule has 1 heterocycles. The quantitative estimate of drug-likeness (QED) is 0.908. The largest absolute Gasteiger partial charge is 0.326 e. The molecule has 2 N–H and O–H groups in total. The minimum Gasteiger partial charge on any atom is -0.326 e. The average Bonchev–Trinajstić information content (AvgIpc) is 2.42. The van der Waals surface area contributed by atoms with Gasteiger partial charge in [-0.1, -0.05) is 24.3 Å². The zero-order valence-corrected chi connectivity index (χ0v) is 11.8. The van der Waals surface area contributed by atoms with E-state index in [1.54, 1.807) is 0 Å². The Morgan fingerprint density at radius 1 is 1.21 bits per heavy atom. The molecular formula is C16H21N3. The second-order valence-corrected chi connectivity index (χ2v) is 4.77. The summed E-state index contributed by atoms with van der Waals surface area (Å²) in [4.78, 5) is 6.74. The lowest BCUT2D eigenvalue weighted by molar-refractivity contribution is 0.810. The molecule has 0 aliphatic heterocycles. The number of rotatable bonds is 4. The lowest BCUT2D eigenvalue weighted by Crippen LogP contribution is -2.18. The van der Waals surface area contributed by atoms with Crippen molar-refractivity contribution in [2.75, 3.05) is 11.4 Å². The van der Waals surface area contributed by atoms with Gasteiger partial charge in [-0.3, -0.25) is 0 Å². The molecule has 0 spiro atoms. The highest BCUT2D eigenvalue weighted by Gasteiger charge is 2.11. The molecule has 1 atom stereocenters. The van der Waals surface area contributed by atoms with E-state index in [4.69, 9.17) is 5.73 Å². The van der Waals surface area contributed by atoms with E-state index in [1.165, 1.54) is 11.3 Å². The maximum Gasteiger partial charge on any atom is 0.132 e. The zero-order valence-electron chi connectivity index (χ0n) is 11.8. The minimum absolute atomic E-state index is 0.0232. The number of hydrogen-bond acceptors (Lipinski definition) is 3. The van der Waals surface area contributed by atoms with E-state index in [0.717, 1.165) is 17.9 Å². The van der Waals surface area contributed by atoms with E-state index < -0.39 is 0 Å². The van der Waals surface area contributed by atoms with Crippen molar-refractivity contribution in [3.8, 4) is 0 Å². The third kappa shape index (κ3) is 2.93. The highest BCUT2D eigenvalue weighted by Crippen LogP contribution is 2.26. The Bertz CT molecular complexity index is 532. The maximum absolute atomic E-state index is 5.85. The molecule has 3 nitrogen and oxygen atoms in total. The fourth-order valence-electron chi connectivity index (χ4n) is 2.15. The molecule has 0 radical (unpaired) electrons. The first kappa shape index (κ1) is 13.6. The van der Waals surface area contributed by atoms with E-state index in [9.17, 15) is 0 Å². The Hall–Kier alpha value is -1.87. The van der Waals surface area contributed by atoms with Gasteiger partial charge in [-0.25, -0.2) is 4.98 Å². The van der Waals surface area contributed by atoms with E-state index in [1.807, 2.05) is 25.3 Å². The molecule has 2 rings (SSSR count). The molecule has 3 heteroatoms. The van der Waals surface area contributed by atoms with Crippen molar-refractivity contribution in [1.29, 1.82) is 0 Å². The minimum atomic E-state index is 0.0232. The van der Waals surface area contributed by atoms with Gasteiger partial charge in [0.25, 0.3) is 0 Å². The number of anilines is 2. The van der Waals surface area contributed by atoms with Crippen LogP contribution in [0.5, 0.6) is 0 Å². The first-order chi connectivity index (χ1) is 9.13. The van der Waals surface area contributed by atoms with E-state index in [-0.39, 0.29) is 6.04 Å². The molecule has 1 aromatic carbocycles. The Morgan fingerprint density at radius 2 is 1.95 bits per heavy atom. The fraction of sp³-hybridized carbons (Fsp3) is 0.312. The monoisotopic (exact) mass is 255 g/mol. The smallest absolute Gasteiger partial charge is 0.132 e. The van der Waals surface area contributed by atoms with Crippen LogP contribution in [0.1, 0.15) is 31.0 Å². The predicted molar refractivity (Wildman–Crippen MR) is 80.7 cm³/mol. The van der Waals surface area contributed by atoms with Gasteiger partial charge in [-0.05, 0) is 44.0 Å². The summed E-state index contributed by atoms with van der Waals surface area (Å²) in [5.74, 6) is 0.959. The topological polar surface area (TPSA) is 42.1 Å². The molecule has 0 aliphatic carbocycles. The average molecular weight is 255 g/mol. The van der Waals surface area contributed by atoms with Crippen LogP contribution in [0, 0.1) is 6.92 Å². The van der Waals surface area contributed by atoms with Crippen LogP contribution < -0.4 is 10.6 Å². The molecule has 2 aromatic rings. The van der Waals surface area contributed by atoms with Crippen LogP contribution in [0.15, 0.2) is 42.6 Å². The van der Waals surface area contributed by atoms with Gasteiger partial charge < -0.3 is 10.6 Å². The Kier molecular flexibility index (Phi) is 4.17. The zero-order chi connectivity index (χ0) is 13.8. The molecular weight excluding hydrogens is 234 g/mol. The van der Waals surface area contributed by atoms with Gasteiger partial charge in [0.15, 0.2) is 0 Å². The Balaban J connectivity index is 2.35. The van der Waals surface area contributed by atoms with Gasteiger partial charge in [-0.15, -0.1) is 0 Å². The van der Waals surface area contributed by atoms with Crippen LogP contribution in [0.3, 0.4) is 0 Å².